The van der Waals surface area contributed by atoms with Crippen molar-refractivity contribution in [3.05, 3.63) is 23.4 Å². The van der Waals surface area contributed by atoms with Crippen molar-refractivity contribution in [1.82, 2.24) is 4.98 Å². The summed E-state index contributed by atoms with van der Waals surface area (Å²) in [5.41, 5.74) is 2.73. The van der Waals surface area contributed by atoms with E-state index in [-0.39, 0.29) is 0 Å². The Morgan fingerprint density at radius 3 is 3.33 bits per heavy atom. The molecule has 2 heteroatoms. The van der Waals surface area contributed by atoms with Gasteiger partial charge in [-0.1, -0.05) is 13.0 Å². The van der Waals surface area contributed by atoms with E-state index in [1.165, 1.54) is 24.0 Å². The van der Waals surface area contributed by atoms with E-state index in [1.807, 2.05) is 6.20 Å². The van der Waals surface area contributed by atoms with Crippen molar-refractivity contribution in [3.8, 4) is 0 Å². The quantitative estimate of drug-likeness (QED) is 0.683. The van der Waals surface area contributed by atoms with Crippen LogP contribution in [0.4, 0.5) is 5.82 Å². The molecule has 2 rings (SSSR count). The SMILES string of the molecule is CCc1cnc2c(c1)CCCN2. The second kappa shape index (κ2) is 3.13. The van der Waals surface area contributed by atoms with E-state index in [0.29, 0.717) is 0 Å². The molecule has 0 bridgehead atoms. The molecule has 0 fully saturated rings. The molecule has 0 aromatic carbocycles. The van der Waals surface area contributed by atoms with Crippen molar-refractivity contribution in [1.29, 1.82) is 0 Å². The van der Waals surface area contributed by atoms with E-state index < -0.39 is 0 Å². The predicted octanol–water partition coefficient (Wildman–Crippen LogP) is 2.00. The number of rotatable bonds is 1. The van der Waals surface area contributed by atoms with Crippen molar-refractivity contribution in [2.75, 3.05) is 11.9 Å². The van der Waals surface area contributed by atoms with Crippen molar-refractivity contribution >= 4 is 5.82 Å². The van der Waals surface area contributed by atoms with Gasteiger partial charge in [0.25, 0.3) is 0 Å². The van der Waals surface area contributed by atoms with Crippen molar-refractivity contribution in [3.63, 3.8) is 0 Å². The molecule has 0 saturated carbocycles. The number of nitrogens with zero attached hydrogens (tertiary/aromatic N) is 1. The summed E-state index contributed by atoms with van der Waals surface area (Å²) in [7, 11) is 0. The van der Waals surface area contributed by atoms with Crippen LogP contribution >= 0.6 is 0 Å². The summed E-state index contributed by atoms with van der Waals surface area (Å²) in [6, 6.07) is 2.27. The summed E-state index contributed by atoms with van der Waals surface area (Å²) in [5, 5.41) is 3.30. The fourth-order valence-electron chi connectivity index (χ4n) is 1.59. The zero-order chi connectivity index (χ0) is 8.39. The monoisotopic (exact) mass is 162 g/mol. The van der Waals surface area contributed by atoms with Gasteiger partial charge in [-0.25, -0.2) is 4.98 Å². The molecule has 12 heavy (non-hydrogen) atoms. The molecule has 0 spiro atoms. The second-order valence-electron chi connectivity index (χ2n) is 3.24. The number of nitrogens with one attached hydrogen (secondary N) is 1. The minimum atomic E-state index is 1.07. The Balaban J connectivity index is 2.36. The van der Waals surface area contributed by atoms with E-state index in [4.69, 9.17) is 0 Å². The van der Waals surface area contributed by atoms with E-state index in [9.17, 15) is 0 Å². The molecular weight excluding hydrogens is 148 g/mol. The van der Waals surface area contributed by atoms with Gasteiger partial charge in [0, 0.05) is 12.7 Å². The van der Waals surface area contributed by atoms with Crippen LogP contribution in [0.2, 0.25) is 0 Å². The predicted molar refractivity (Wildman–Crippen MR) is 50.4 cm³/mol. The van der Waals surface area contributed by atoms with Gasteiger partial charge in [-0.3, -0.25) is 0 Å². The Labute approximate surface area is 73.0 Å². The van der Waals surface area contributed by atoms with Crippen LogP contribution in [-0.4, -0.2) is 11.5 Å². The normalized spacial score (nSPS) is 15.1. The molecule has 0 aliphatic carbocycles. The molecule has 0 unspecified atom stereocenters. The maximum absolute atomic E-state index is 4.38. The summed E-state index contributed by atoms with van der Waals surface area (Å²) >= 11 is 0. The Bertz CT molecular complexity index is 281. The third kappa shape index (κ3) is 1.29. The first-order valence-corrected chi connectivity index (χ1v) is 4.62. The number of aromatic nitrogens is 1. The Kier molecular flexibility index (Phi) is 1.98. The summed E-state index contributed by atoms with van der Waals surface area (Å²) in [4.78, 5) is 4.38. The van der Waals surface area contributed by atoms with Crippen molar-refractivity contribution in [2.45, 2.75) is 26.2 Å². The largest absolute Gasteiger partial charge is 0.370 e. The zero-order valence-corrected chi connectivity index (χ0v) is 7.43. The zero-order valence-electron chi connectivity index (χ0n) is 7.43. The molecule has 2 nitrogen and oxygen atoms in total. The molecular formula is C10H14N2. The highest BCUT2D eigenvalue weighted by molar-refractivity contribution is 5.47. The van der Waals surface area contributed by atoms with Gasteiger partial charge in [-0.15, -0.1) is 0 Å². The standard InChI is InChI=1S/C10H14N2/c1-2-8-6-9-4-3-5-11-10(9)12-7-8/h6-7H,2-5H2,1H3,(H,11,12). The molecule has 1 aliphatic rings. The second-order valence-corrected chi connectivity index (χ2v) is 3.24. The van der Waals surface area contributed by atoms with Gasteiger partial charge in [0.1, 0.15) is 5.82 Å². The van der Waals surface area contributed by atoms with Gasteiger partial charge < -0.3 is 5.32 Å². The molecule has 1 aliphatic heterocycles. The molecule has 1 N–H and O–H groups in total. The summed E-state index contributed by atoms with van der Waals surface area (Å²) in [6.07, 6.45) is 5.47. The average molecular weight is 162 g/mol. The smallest absolute Gasteiger partial charge is 0.129 e. The highest BCUT2D eigenvalue weighted by Crippen LogP contribution is 2.19. The van der Waals surface area contributed by atoms with Gasteiger partial charge in [0.15, 0.2) is 0 Å². The first kappa shape index (κ1) is 7.59. The first-order valence-electron chi connectivity index (χ1n) is 4.62. The number of hydrogen-bond donors (Lipinski definition) is 1. The van der Waals surface area contributed by atoms with Crippen molar-refractivity contribution < 1.29 is 0 Å². The van der Waals surface area contributed by atoms with Crippen LogP contribution in [-0.2, 0) is 12.8 Å². The molecule has 0 amide bonds. The number of hydrogen-bond acceptors (Lipinski definition) is 2. The van der Waals surface area contributed by atoms with Gasteiger partial charge >= 0.3 is 0 Å². The summed E-state index contributed by atoms with van der Waals surface area (Å²) < 4.78 is 0. The number of aryl methyl sites for hydroxylation is 2. The fraction of sp³-hybridized carbons (Fsp3) is 0.500. The Hall–Kier alpha value is -1.05. The van der Waals surface area contributed by atoms with E-state index >= 15 is 0 Å². The summed E-state index contributed by atoms with van der Waals surface area (Å²) in [5.74, 6) is 1.10. The maximum Gasteiger partial charge on any atom is 0.129 e. The highest BCUT2D eigenvalue weighted by Gasteiger charge is 2.08. The lowest BCUT2D eigenvalue weighted by Gasteiger charge is -2.16. The van der Waals surface area contributed by atoms with E-state index in [2.05, 4.69) is 23.3 Å². The molecule has 0 saturated heterocycles. The molecule has 1 aromatic rings. The lowest BCUT2D eigenvalue weighted by Crippen LogP contribution is -2.13. The third-order valence-electron chi connectivity index (χ3n) is 2.35. The van der Waals surface area contributed by atoms with Gasteiger partial charge in [-0.2, -0.15) is 0 Å². The number of anilines is 1. The van der Waals surface area contributed by atoms with Crippen LogP contribution in [0.5, 0.6) is 0 Å². The molecule has 0 radical (unpaired) electrons. The molecule has 0 atom stereocenters. The first-order chi connectivity index (χ1) is 5.90. The number of fused-ring (bicyclic) bond motifs is 1. The van der Waals surface area contributed by atoms with Crippen LogP contribution < -0.4 is 5.32 Å². The van der Waals surface area contributed by atoms with Crippen LogP contribution in [0.1, 0.15) is 24.5 Å². The van der Waals surface area contributed by atoms with Crippen LogP contribution in [0, 0.1) is 0 Å². The third-order valence-corrected chi connectivity index (χ3v) is 2.35. The van der Waals surface area contributed by atoms with Gasteiger partial charge in [0.05, 0.1) is 0 Å². The minimum Gasteiger partial charge on any atom is -0.370 e. The molecule has 1 aromatic heterocycles. The maximum atomic E-state index is 4.38. The van der Waals surface area contributed by atoms with Gasteiger partial charge in [-0.05, 0) is 30.4 Å². The van der Waals surface area contributed by atoms with E-state index in [0.717, 1.165) is 18.8 Å². The minimum absolute atomic E-state index is 1.07. The lowest BCUT2D eigenvalue weighted by atomic mass is 10.0. The Morgan fingerprint density at radius 2 is 2.50 bits per heavy atom. The molecule has 2 heterocycles. The van der Waals surface area contributed by atoms with Crippen LogP contribution in [0.3, 0.4) is 0 Å². The number of pyridine rings is 1. The molecule has 64 valence electrons. The lowest BCUT2D eigenvalue weighted by molar-refractivity contribution is 0.813. The van der Waals surface area contributed by atoms with Crippen molar-refractivity contribution in [2.24, 2.45) is 0 Å². The average Bonchev–Trinajstić information content (AvgIpc) is 2.17. The summed E-state index contributed by atoms with van der Waals surface area (Å²) in [6.45, 7) is 3.24. The Morgan fingerprint density at radius 1 is 1.58 bits per heavy atom. The van der Waals surface area contributed by atoms with Crippen LogP contribution in [0.15, 0.2) is 12.3 Å². The topological polar surface area (TPSA) is 24.9 Å². The van der Waals surface area contributed by atoms with Crippen LogP contribution in [0.25, 0.3) is 0 Å². The highest BCUT2D eigenvalue weighted by atomic mass is 15.0. The van der Waals surface area contributed by atoms with E-state index in [1.54, 1.807) is 0 Å². The van der Waals surface area contributed by atoms with Gasteiger partial charge in [0.2, 0.25) is 0 Å². The fourth-order valence-corrected chi connectivity index (χ4v) is 1.59.